The Morgan fingerprint density at radius 1 is 0.740 bits per heavy atom. The molecule has 0 fully saturated rings. The van der Waals surface area contributed by atoms with Crippen molar-refractivity contribution in [2.75, 3.05) is 0 Å². The molecule has 0 aliphatic heterocycles. The van der Waals surface area contributed by atoms with E-state index < -0.39 is 25.5 Å². The molecule has 6 heteroatoms. The van der Waals surface area contributed by atoms with E-state index in [1.165, 1.54) is 38.2 Å². The number of pyridine rings is 2. The van der Waals surface area contributed by atoms with Gasteiger partial charge >= 0.3 is 99.8 Å². The number of aromatic nitrogens is 2. The summed E-state index contributed by atoms with van der Waals surface area (Å²) in [6.07, 6.45) is 1.78. The normalized spacial score (nSPS) is 12.0. The minimum absolute atomic E-state index is 0. The van der Waals surface area contributed by atoms with Gasteiger partial charge in [0.1, 0.15) is 5.82 Å². The minimum Gasteiger partial charge on any atom is 0 e. The zero-order valence-corrected chi connectivity index (χ0v) is 33.2. The molecule has 3 aromatic heterocycles. The zero-order valence-electron chi connectivity index (χ0n) is 29.9. The summed E-state index contributed by atoms with van der Waals surface area (Å²) in [6.45, 7) is 0. The van der Waals surface area contributed by atoms with Gasteiger partial charge in [-0.3, -0.25) is 0 Å². The van der Waals surface area contributed by atoms with Crippen LogP contribution in [0.15, 0.2) is 146 Å². The van der Waals surface area contributed by atoms with Crippen molar-refractivity contribution in [1.82, 2.24) is 9.97 Å². The molecule has 0 saturated carbocycles. The van der Waals surface area contributed by atoms with Gasteiger partial charge in [0.05, 0.1) is 0 Å². The van der Waals surface area contributed by atoms with Gasteiger partial charge in [0.25, 0.3) is 0 Å². The van der Waals surface area contributed by atoms with Gasteiger partial charge in [0, 0.05) is 33.7 Å². The van der Waals surface area contributed by atoms with Crippen molar-refractivity contribution in [2.45, 2.75) is 23.6 Å². The Morgan fingerprint density at radius 2 is 1.54 bits per heavy atom. The zero-order chi connectivity index (χ0) is 35.6. The molecule has 3 heterocycles. The molecule has 0 unspecified atom stereocenters. The molecule has 249 valence electrons. The van der Waals surface area contributed by atoms with Crippen molar-refractivity contribution >= 4 is 49.2 Å². The van der Waals surface area contributed by atoms with Crippen molar-refractivity contribution in [1.29, 1.82) is 0 Å². The third-order valence-corrected chi connectivity index (χ3v) is 13.7. The predicted molar refractivity (Wildman–Crippen MR) is 208 cm³/mol. The molecule has 0 spiro atoms. The molecule has 0 bridgehead atoms. The SMILES string of the molecule is [2H]C([2H])(c1cccc(F)c1)c1ccnc(-c2[c-]ccc3c2sc2cccc(-c4ccccc4)c23)c1.[CH3][Ge]([CH3])([CH3])[c]1ccc(-c2[c-]cccc2)nc1.[Ir]. The van der Waals surface area contributed by atoms with Gasteiger partial charge in [-0.1, -0.05) is 66.0 Å². The number of benzene rings is 5. The second kappa shape index (κ2) is 15.7. The van der Waals surface area contributed by atoms with Crippen LogP contribution in [0.4, 0.5) is 4.39 Å². The van der Waals surface area contributed by atoms with Crippen LogP contribution >= 0.6 is 11.3 Å². The predicted octanol–water partition coefficient (Wildman–Crippen LogP) is 11.4. The first-order chi connectivity index (χ1) is 24.6. The summed E-state index contributed by atoms with van der Waals surface area (Å²) in [5.41, 5.74) is 6.58. The number of thiophene rings is 1. The number of hydrogen-bond acceptors (Lipinski definition) is 3. The number of nitrogens with zero attached hydrogens (tertiary/aromatic N) is 2. The molecule has 0 atom stereocenters. The molecule has 0 amide bonds. The Hall–Kier alpha value is -4.26. The maximum atomic E-state index is 13.8. The van der Waals surface area contributed by atoms with Crippen molar-refractivity contribution in [3.05, 3.63) is 175 Å². The summed E-state index contributed by atoms with van der Waals surface area (Å²) in [7, 11) is 0. The number of fused-ring (bicyclic) bond motifs is 3. The van der Waals surface area contributed by atoms with Crippen molar-refractivity contribution in [2.24, 2.45) is 0 Å². The van der Waals surface area contributed by atoms with Gasteiger partial charge in [-0.15, -0.1) is 23.8 Å². The molecular weight excluding hydrogens is 872 g/mol. The van der Waals surface area contributed by atoms with Crippen LogP contribution in [-0.2, 0) is 26.5 Å². The number of halogens is 1. The number of hydrogen-bond donors (Lipinski definition) is 0. The van der Waals surface area contributed by atoms with Crippen LogP contribution in [-0.4, -0.2) is 23.2 Å². The topological polar surface area (TPSA) is 25.8 Å². The van der Waals surface area contributed by atoms with Crippen LogP contribution < -0.4 is 4.40 Å². The van der Waals surface area contributed by atoms with E-state index in [9.17, 15) is 4.39 Å². The van der Waals surface area contributed by atoms with Gasteiger partial charge in [-0.2, -0.15) is 11.3 Å². The quantitative estimate of drug-likeness (QED) is 0.123. The van der Waals surface area contributed by atoms with Crippen LogP contribution in [0.3, 0.4) is 0 Å². The summed E-state index contributed by atoms with van der Waals surface area (Å²) in [5, 5.41) is 2.32. The third kappa shape index (κ3) is 8.03. The van der Waals surface area contributed by atoms with Crippen LogP contribution in [0.1, 0.15) is 13.9 Å². The van der Waals surface area contributed by atoms with Gasteiger partial charge in [-0.05, 0) is 68.7 Å². The monoisotopic (exact) mass is 911 g/mol. The van der Waals surface area contributed by atoms with Crippen molar-refractivity contribution < 1.29 is 27.2 Å². The average molecular weight is 910 g/mol. The van der Waals surface area contributed by atoms with Gasteiger partial charge in [0.2, 0.25) is 0 Å². The van der Waals surface area contributed by atoms with E-state index in [1.807, 2.05) is 54.7 Å². The van der Waals surface area contributed by atoms with E-state index in [4.69, 9.17) is 2.74 Å². The smallest absolute Gasteiger partial charge is 0 e. The molecule has 8 aromatic rings. The standard InChI is InChI=1S/C30H19FNS.C14H16GeN.Ir/c31-23-10-4-7-20(18-23)17-21-15-16-32-27(19-21)25-12-5-13-26-29-24(22-8-2-1-3-9-22)11-6-14-28(29)33-30(25)26;1-15(2,3)13-9-10-14(16-11-13)12-7-5-4-6-8-12;/h1-11,13-16,18-19H,17H2;4-7,9-11H,1-3H3;/q2*-1;/i17D2;;. The molecule has 0 saturated heterocycles. The number of rotatable bonds is 6. The summed E-state index contributed by atoms with van der Waals surface area (Å²) in [6, 6.07) is 48.6. The first-order valence-electron chi connectivity index (χ1n) is 17.2. The van der Waals surface area contributed by atoms with E-state index in [-0.39, 0.29) is 25.7 Å². The van der Waals surface area contributed by atoms with Gasteiger partial charge < -0.3 is 4.98 Å². The summed E-state index contributed by atoms with van der Waals surface area (Å²) >= 11 is -0.0268. The third-order valence-electron chi connectivity index (χ3n) is 8.29. The fourth-order valence-electron chi connectivity index (χ4n) is 5.77. The summed E-state index contributed by atoms with van der Waals surface area (Å²) in [5.74, 6) is 6.68. The molecule has 0 aliphatic rings. The van der Waals surface area contributed by atoms with E-state index in [0.717, 1.165) is 32.5 Å². The van der Waals surface area contributed by atoms with E-state index >= 15 is 0 Å². The fourth-order valence-corrected chi connectivity index (χ4v) is 9.17. The molecule has 5 aromatic carbocycles. The summed E-state index contributed by atoms with van der Waals surface area (Å²) in [4.78, 5) is 9.10. The van der Waals surface area contributed by atoms with Crippen LogP contribution in [0, 0.1) is 17.9 Å². The fraction of sp³-hybridized carbons (Fsp3) is 0.0909. The van der Waals surface area contributed by atoms with Crippen LogP contribution in [0.2, 0.25) is 17.3 Å². The maximum Gasteiger partial charge on any atom is 0 e. The molecular formula is C44H35FGeIrN2S-2. The van der Waals surface area contributed by atoms with Crippen molar-refractivity contribution in [3.8, 4) is 33.6 Å². The molecule has 0 aliphatic carbocycles. The Labute approximate surface area is 316 Å². The second-order valence-electron chi connectivity index (χ2n) is 12.8. The first-order valence-corrected chi connectivity index (χ1v) is 24.3. The Morgan fingerprint density at radius 3 is 2.28 bits per heavy atom. The molecule has 1 radical (unpaired) electrons. The Bertz CT molecular complexity index is 2450. The molecule has 50 heavy (non-hydrogen) atoms. The molecule has 0 N–H and O–H groups in total. The van der Waals surface area contributed by atoms with E-state index in [1.54, 1.807) is 35.7 Å². The molecule has 2 nitrogen and oxygen atoms in total. The van der Waals surface area contributed by atoms with E-state index in [0.29, 0.717) is 11.3 Å². The molecule has 8 rings (SSSR count). The first kappa shape index (κ1) is 32.9. The minimum atomic E-state index is -1.87. The largest absolute Gasteiger partial charge is 0 e. The van der Waals surface area contributed by atoms with Gasteiger partial charge in [-0.25, -0.2) is 4.39 Å². The Kier molecular flexibility index (Phi) is 10.4. The van der Waals surface area contributed by atoms with Crippen LogP contribution in [0.5, 0.6) is 0 Å². The maximum absolute atomic E-state index is 13.8. The second-order valence-corrected chi connectivity index (χ2v) is 24.5. The average Bonchev–Trinajstić information content (AvgIpc) is 3.55. The van der Waals surface area contributed by atoms with E-state index in [2.05, 4.69) is 87.9 Å². The Balaban J connectivity index is 0.000000230. The van der Waals surface area contributed by atoms with Gasteiger partial charge in [0.15, 0.2) is 0 Å². The van der Waals surface area contributed by atoms with Crippen molar-refractivity contribution in [3.63, 3.8) is 0 Å². The van der Waals surface area contributed by atoms with Crippen LogP contribution in [0.25, 0.3) is 53.8 Å². The summed E-state index contributed by atoms with van der Waals surface area (Å²) < 4.78 is 34.9.